The van der Waals surface area contributed by atoms with Crippen LogP contribution in [0.1, 0.15) is 15.9 Å². The van der Waals surface area contributed by atoms with E-state index in [2.05, 4.69) is 4.98 Å². The highest BCUT2D eigenvalue weighted by Gasteiger charge is 2.24. The maximum Gasteiger partial charge on any atom is 0.257 e. The second-order valence-corrected chi connectivity index (χ2v) is 4.65. The van der Waals surface area contributed by atoms with Crippen molar-refractivity contribution in [3.8, 4) is 5.75 Å². The van der Waals surface area contributed by atoms with E-state index in [9.17, 15) is 13.6 Å². The summed E-state index contributed by atoms with van der Waals surface area (Å²) < 4.78 is 32.4. The first-order valence-corrected chi connectivity index (χ1v) is 6.47. The lowest BCUT2D eigenvalue weighted by Gasteiger charge is -2.20. The average Bonchev–Trinajstić information content (AvgIpc) is 2.71. The van der Waals surface area contributed by atoms with Gasteiger partial charge in [-0.05, 0) is 12.1 Å². The van der Waals surface area contributed by atoms with Gasteiger partial charge in [-0.2, -0.15) is 4.39 Å². The molecule has 3 rings (SSSR count). The van der Waals surface area contributed by atoms with Gasteiger partial charge in [0, 0.05) is 18.3 Å². The minimum absolute atomic E-state index is 0.290. The van der Waals surface area contributed by atoms with Crippen LogP contribution in [-0.4, -0.2) is 28.9 Å². The Hall–Kier alpha value is -2.50. The van der Waals surface area contributed by atoms with Gasteiger partial charge in [0.1, 0.15) is 12.4 Å². The van der Waals surface area contributed by atoms with Crippen molar-refractivity contribution >= 4 is 5.91 Å². The summed E-state index contributed by atoms with van der Waals surface area (Å²) in [5.74, 6) is -2.36. The number of benzene rings is 1. The van der Waals surface area contributed by atoms with Crippen molar-refractivity contribution in [2.75, 3.05) is 13.2 Å². The Bertz CT molecular complexity index is 691. The van der Waals surface area contributed by atoms with Gasteiger partial charge in [0.15, 0.2) is 5.82 Å². The van der Waals surface area contributed by atoms with E-state index < -0.39 is 17.7 Å². The minimum Gasteiger partial charge on any atom is -0.491 e. The van der Waals surface area contributed by atoms with Crippen LogP contribution < -0.4 is 4.74 Å². The molecule has 2 heterocycles. The summed E-state index contributed by atoms with van der Waals surface area (Å²) in [7, 11) is 0. The molecule has 6 heteroatoms. The molecule has 108 valence electrons. The molecule has 0 atom stereocenters. The molecule has 0 aliphatic carbocycles. The SMILES string of the molecule is O=C(c1ccnc(F)c1F)N1CCOc2ccccc2C1. The molecule has 0 fully saturated rings. The fraction of sp³-hybridized carbons (Fsp3) is 0.200. The molecule has 1 aromatic heterocycles. The number of rotatable bonds is 1. The van der Waals surface area contributed by atoms with E-state index in [0.717, 1.165) is 11.8 Å². The maximum atomic E-state index is 13.7. The molecular formula is C15H12F2N2O2. The minimum atomic E-state index is -1.27. The average molecular weight is 290 g/mol. The van der Waals surface area contributed by atoms with E-state index in [1.807, 2.05) is 24.3 Å². The lowest BCUT2D eigenvalue weighted by Crippen LogP contribution is -2.33. The Morgan fingerprint density at radius 2 is 2.05 bits per heavy atom. The number of halogens is 2. The van der Waals surface area contributed by atoms with E-state index in [1.165, 1.54) is 11.0 Å². The molecule has 0 N–H and O–H groups in total. The van der Waals surface area contributed by atoms with Crippen LogP contribution in [-0.2, 0) is 6.54 Å². The second-order valence-electron chi connectivity index (χ2n) is 4.65. The van der Waals surface area contributed by atoms with Gasteiger partial charge in [0.05, 0.1) is 12.1 Å². The van der Waals surface area contributed by atoms with Gasteiger partial charge in [-0.3, -0.25) is 4.79 Å². The van der Waals surface area contributed by atoms with Crippen molar-refractivity contribution in [3.63, 3.8) is 0 Å². The van der Waals surface area contributed by atoms with Crippen molar-refractivity contribution < 1.29 is 18.3 Å². The van der Waals surface area contributed by atoms with Gasteiger partial charge in [-0.25, -0.2) is 9.37 Å². The molecule has 4 nitrogen and oxygen atoms in total. The number of fused-ring (bicyclic) bond motifs is 1. The molecule has 2 aromatic rings. The normalized spacial score (nSPS) is 14.1. The number of nitrogens with zero attached hydrogens (tertiary/aromatic N) is 2. The number of para-hydroxylation sites is 1. The van der Waals surface area contributed by atoms with Gasteiger partial charge in [0.2, 0.25) is 5.95 Å². The van der Waals surface area contributed by atoms with Crippen LogP contribution in [0.5, 0.6) is 5.75 Å². The van der Waals surface area contributed by atoms with Crippen LogP contribution in [0, 0.1) is 11.8 Å². The molecule has 1 aliphatic heterocycles. The first kappa shape index (κ1) is 13.5. The van der Waals surface area contributed by atoms with Crippen LogP contribution in [0.3, 0.4) is 0 Å². The molecule has 0 unspecified atom stereocenters. The standard InChI is InChI=1S/C15H12F2N2O2/c16-13-11(5-6-18-14(13)17)15(20)19-7-8-21-12-4-2-1-3-10(12)9-19/h1-6H,7-9H2. The predicted octanol–water partition coefficient (Wildman–Crippen LogP) is 2.39. The molecule has 0 bridgehead atoms. The summed E-state index contributed by atoms with van der Waals surface area (Å²) in [6, 6.07) is 8.51. The first-order valence-electron chi connectivity index (χ1n) is 6.47. The fourth-order valence-corrected chi connectivity index (χ4v) is 2.25. The predicted molar refractivity (Wildman–Crippen MR) is 70.8 cm³/mol. The lowest BCUT2D eigenvalue weighted by molar-refractivity contribution is 0.0727. The Balaban J connectivity index is 1.90. The van der Waals surface area contributed by atoms with Crippen molar-refractivity contribution in [2.45, 2.75) is 6.54 Å². The highest BCUT2D eigenvalue weighted by molar-refractivity contribution is 5.94. The summed E-state index contributed by atoms with van der Waals surface area (Å²) in [4.78, 5) is 17.0. The van der Waals surface area contributed by atoms with E-state index in [1.54, 1.807) is 0 Å². The van der Waals surface area contributed by atoms with Crippen LogP contribution in [0.4, 0.5) is 8.78 Å². The number of hydrogen-bond donors (Lipinski definition) is 0. The van der Waals surface area contributed by atoms with E-state index in [4.69, 9.17) is 4.74 Å². The van der Waals surface area contributed by atoms with Crippen LogP contribution in [0.2, 0.25) is 0 Å². The zero-order valence-corrected chi connectivity index (χ0v) is 11.1. The number of pyridine rings is 1. The van der Waals surface area contributed by atoms with Crippen LogP contribution >= 0.6 is 0 Å². The molecule has 1 aliphatic rings. The largest absolute Gasteiger partial charge is 0.491 e. The molecule has 0 saturated heterocycles. The zero-order chi connectivity index (χ0) is 14.8. The van der Waals surface area contributed by atoms with Gasteiger partial charge in [-0.15, -0.1) is 0 Å². The van der Waals surface area contributed by atoms with Crippen molar-refractivity contribution in [3.05, 3.63) is 59.4 Å². The molecule has 1 amide bonds. The number of carbonyl (C=O) groups is 1. The van der Waals surface area contributed by atoms with Gasteiger partial charge in [-0.1, -0.05) is 18.2 Å². The third kappa shape index (κ3) is 2.56. The van der Waals surface area contributed by atoms with Crippen molar-refractivity contribution in [1.29, 1.82) is 0 Å². The van der Waals surface area contributed by atoms with E-state index >= 15 is 0 Å². The third-order valence-corrected chi connectivity index (χ3v) is 3.32. The van der Waals surface area contributed by atoms with Crippen molar-refractivity contribution in [2.24, 2.45) is 0 Å². The number of carbonyl (C=O) groups excluding carboxylic acids is 1. The molecule has 0 radical (unpaired) electrons. The van der Waals surface area contributed by atoms with Crippen LogP contribution in [0.15, 0.2) is 36.5 Å². The lowest BCUT2D eigenvalue weighted by atomic mass is 10.1. The molecule has 1 aromatic carbocycles. The van der Waals surface area contributed by atoms with Crippen LogP contribution in [0.25, 0.3) is 0 Å². The van der Waals surface area contributed by atoms with Gasteiger partial charge < -0.3 is 9.64 Å². The zero-order valence-electron chi connectivity index (χ0n) is 11.1. The maximum absolute atomic E-state index is 13.7. The summed E-state index contributed by atoms with van der Waals surface area (Å²) in [6.45, 7) is 0.896. The van der Waals surface area contributed by atoms with Gasteiger partial charge in [0.25, 0.3) is 5.91 Å². The third-order valence-electron chi connectivity index (χ3n) is 3.32. The highest BCUT2D eigenvalue weighted by Crippen LogP contribution is 2.23. The number of amides is 1. The Morgan fingerprint density at radius 1 is 1.24 bits per heavy atom. The van der Waals surface area contributed by atoms with Crippen molar-refractivity contribution in [1.82, 2.24) is 9.88 Å². The summed E-state index contributed by atoms with van der Waals surface area (Å²) in [5.41, 5.74) is 0.514. The smallest absolute Gasteiger partial charge is 0.257 e. The summed E-state index contributed by atoms with van der Waals surface area (Å²) >= 11 is 0. The topological polar surface area (TPSA) is 42.4 Å². The highest BCUT2D eigenvalue weighted by atomic mass is 19.2. The van der Waals surface area contributed by atoms with Gasteiger partial charge >= 0.3 is 0 Å². The quantitative estimate of drug-likeness (QED) is 0.757. The monoisotopic (exact) mass is 290 g/mol. The van der Waals surface area contributed by atoms with E-state index in [0.29, 0.717) is 25.4 Å². The van der Waals surface area contributed by atoms with E-state index in [-0.39, 0.29) is 5.56 Å². The molecular weight excluding hydrogens is 278 g/mol. The Labute approximate surface area is 120 Å². The Kier molecular flexibility index (Phi) is 3.51. The fourth-order valence-electron chi connectivity index (χ4n) is 2.25. The first-order chi connectivity index (χ1) is 10.2. The summed E-state index contributed by atoms with van der Waals surface area (Å²) in [5, 5.41) is 0. The number of hydrogen-bond acceptors (Lipinski definition) is 3. The Morgan fingerprint density at radius 3 is 2.90 bits per heavy atom. The second kappa shape index (κ2) is 5.47. The molecule has 21 heavy (non-hydrogen) atoms. The summed E-state index contributed by atoms with van der Waals surface area (Å²) in [6.07, 6.45) is 1.08. The number of ether oxygens (including phenoxy) is 1. The molecule has 0 saturated carbocycles. The number of aromatic nitrogens is 1. The molecule has 0 spiro atoms.